The van der Waals surface area contributed by atoms with Crippen LogP contribution in [0.25, 0.3) is 11.1 Å². The number of carboxylic acids is 1. The fraction of sp³-hybridized carbons (Fsp3) is 0.200. The van der Waals surface area contributed by atoms with Crippen LogP contribution in [0.3, 0.4) is 0 Å². The average Bonchev–Trinajstić information content (AvgIpc) is 3.27. The Balaban J connectivity index is 1.81. The van der Waals surface area contributed by atoms with Gasteiger partial charge in [0, 0.05) is 23.0 Å². The molecule has 1 aromatic heterocycles. The van der Waals surface area contributed by atoms with E-state index in [4.69, 9.17) is 22.1 Å². The molecule has 1 heterocycles. The van der Waals surface area contributed by atoms with Crippen LogP contribution >= 0.6 is 11.6 Å². The zero-order chi connectivity index (χ0) is 25.3. The van der Waals surface area contributed by atoms with Gasteiger partial charge in [-0.1, -0.05) is 17.7 Å². The normalized spacial score (nSPS) is 13.9. The minimum absolute atomic E-state index is 0.0247. The molecular weight excluding hydrogens is 488 g/mol. The molecule has 0 saturated heterocycles. The zero-order valence-corrected chi connectivity index (χ0v) is 18.9. The molecule has 2 aromatic carbocycles. The predicted octanol–water partition coefficient (Wildman–Crippen LogP) is 6.85. The Bertz CT molecular complexity index is 1340. The summed E-state index contributed by atoms with van der Waals surface area (Å²) in [4.78, 5) is 15.4. The number of carboxylic acid groups (broad SMARTS) is 1. The third kappa shape index (κ3) is 5.40. The minimum Gasteiger partial charge on any atom is -0.478 e. The summed E-state index contributed by atoms with van der Waals surface area (Å²) in [7, 11) is 0. The monoisotopic (exact) mass is 506 g/mol. The highest BCUT2D eigenvalue weighted by Crippen LogP contribution is 2.44. The molecule has 1 aliphatic carbocycles. The van der Waals surface area contributed by atoms with E-state index < -0.39 is 23.5 Å². The van der Waals surface area contributed by atoms with Crippen molar-refractivity contribution in [3.05, 3.63) is 87.3 Å². The summed E-state index contributed by atoms with van der Waals surface area (Å²) in [6.45, 7) is -0.144. The lowest BCUT2D eigenvalue weighted by Gasteiger charge is -2.17. The van der Waals surface area contributed by atoms with E-state index in [1.807, 2.05) is 0 Å². The van der Waals surface area contributed by atoms with Crippen LogP contribution in [0.1, 0.15) is 51.9 Å². The molecule has 0 bridgehead atoms. The smallest absolute Gasteiger partial charge is 0.417 e. The van der Waals surface area contributed by atoms with E-state index in [1.54, 1.807) is 6.07 Å². The molecule has 0 fully saturated rings. The lowest BCUT2D eigenvalue weighted by molar-refractivity contribution is -0.137. The highest BCUT2D eigenvalue weighted by molar-refractivity contribution is 6.31. The Kier molecular flexibility index (Phi) is 6.71. The Morgan fingerprint density at radius 3 is 2.54 bits per heavy atom. The maximum absolute atomic E-state index is 13.5. The van der Waals surface area contributed by atoms with Crippen LogP contribution in [0.2, 0.25) is 5.02 Å². The first-order valence-corrected chi connectivity index (χ1v) is 10.9. The first kappa shape index (κ1) is 24.5. The first-order chi connectivity index (χ1) is 16.5. The van der Waals surface area contributed by atoms with Crippen molar-refractivity contribution in [1.82, 2.24) is 4.98 Å². The standard InChI is InChI=1S/C25H19ClF4N2O3/c26-22-10-17(27)5-4-13(22)12-35-23-21(9-16(11-32-23)25(28,29)30)20-3-1-2-19(20)14-6-15(24(33)34)8-18(31)7-14/h4-11H,1-3,12,31H2,(H,33,34). The van der Waals surface area contributed by atoms with Gasteiger partial charge in [-0.05, 0) is 72.4 Å². The van der Waals surface area contributed by atoms with Crippen molar-refractivity contribution in [2.75, 3.05) is 5.73 Å². The summed E-state index contributed by atoms with van der Waals surface area (Å²) in [5, 5.41) is 9.50. The molecule has 35 heavy (non-hydrogen) atoms. The largest absolute Gasteiger partial charge is 0.478 e. The Morgan fingerprint density at radius 2 is 1.86 bits per heavy atom. The second kappa shape index (κ2) is 9.58. The number of halogens is 5. The van der Waals surface area contributed by atoms with Crippen LogP contribution in [0.5, 0.6) is 5.88 Å². The third-order valence-corrected chi connectivity index (χ3v) is 6.00. The van der Waals surface area contributed by atoms with Crippen molar-refractivity contribution in [3.63, 3.8) is 0 Å². The Morgan fingerprint density at radius 1 is 1.11 bits per heavy atom. The number of hydrogen-bond donors (Lipinski definition) is 2. The molecule has 10 heteroatoms. The molecule has 0 amide bonds. The third-order valence-electron chi connectivity index (χ3n) is 5.65. The quantitative estimate of drug-likeness (QED) is 0.282. The molecule has 0 radical (unpaired) electrons. The molecular formula is C25H19ClF4N2O3. The number of rotatable bonds is 6. The topological polar surface area (TPSA) is 85.4 Å². The number of anilines is 1. The Labute approximate surface area is 202 Å². The number of pyridine rings is 1. The predicted molar refractivity (Wildman–Crippen MR) is 123 cm³/mol. The van der Waals surface area contributed by atoms with Gasteiger partial charge in [0.15, 0.2) is 0 Å². The molecule has 4 rings (SSSR count). The van der Waals surface area contributed by atoms with Gasteiger partial charge in [-0.25, -0.2) is 14.2 Å². The second-order valence-electron chi connectivity index (χ2n) is 8.06. The van der Waals surface area contributed by atoms with Gasteiger partial charge >= 0.3 is 12.1 Å². The van der Waals surface area contributed by atoms with Gasteiger partial charge in [0.05, 0.1) is 16.1 Å². The molecule has 182 valence electrons. The number of aromatic carboxylic acids is 1. The number of nitrogens with zero attached hydrogens (tertiary/aromatic N) is 1. The molecule has 5 nitrogen and oxygen atoms in total. The van der Waals surface area contributed by atoms with Gasteiger partial charge < -0.3 is 15.6 Å². The van der Waals surface area contributed by atoms with E-state index in [2.05, 4.69) is 4.98 Å². The molecule has 0 unspecified atom stereocenters. The highest BCUT2D eigenvalue weighted by atomic mass is 35.5. The van der Waals surface area contributed by atoms with Gasteiger partial charge in [-0.2, -0.15) is 13.2 Å². The van der Waals surface area contributed by atoms with Crippen LogP contribution in [0.15, 0.2) is 48.7 Å². The van der Waals surface area contributed by atoms with Crippen LogP contribution in [0, 0.1) is 5.82 Å². The molecule has 3 aromatic rings. The fourth-order valence-electron chi connectivity index (χ4n) is 4.03. The van der Waals surface area contributed by atoms with Gasteiger partial charge in [0.25, 0.3) is 0 Å². The number of benzene rings is 2. The van der Waals surface area contributed by atoms with Crippen molar-refractivity contribution in [3.8, 4) is 5.88 Å². The molecule has 1 aliphatic rings. The molecule has 0 aliphatic heterocycles. The number of ether oxygens (including phenoxy) is 1. The van der Waals surface area contributed by atoms with E-state index in [1.165, 1.54) is 24.3 Å². The highest BCUT2D eigenvalue weighted by Gasteiger charge is 2.33. The maximum atomic E-state index is 13.5. The summed E-state index contributed by atoms with van der Waals surface area (Å²) >= 11 is 6.05. The van der Waals surface area contributed by atoms with Crippen LogP contribution < -0.4 is 10.5 Å². The number of aromatic nitrogens is 1. The summed E-state index contributed by atoms with van der Waals surface area (Å²) in [6.07, 6.45) is -2.36. The molecule has 0 saturated carbocycles. The van der Waals surface area contributed by atoms with Crippen molar-refractivity contribution < 1.29 is 32.2 Å². The number of carbonyl (C=O) groups is 1. The Hall–Kier alpha value is -3.59. The van der Waals surface area contributed by atoms with Crippen molar-refractivity contribution in [1.29, 1.82) is 0 Å². The van der Waals surface area contributed by atoms with Gasteiger partial charge in [-0.15, -0.1) is 0 Å². The van der Waals surface area contributed by atoms with Crippen molar-refractivity contribution in [2.24, 2.45) is 0 Å². The number of nitrogens with two attached hydrogens (primary N) is 1. The van der Waals surface area contributed by atoms with Gasteiger partial charge in [-0.3, -0.25) is 0 Å². The number of alkyl halides is 3. The number of hydrogen-bond acceptors (Lipinski definition) is 4. The van der Waals surface area contributed by atoms with Crippen molar-refractivity contribution in [2.45, 2.75) is 32.0 Å². The van der Waals surface area contributed by atoms with Gasteiger partial charge in [0.2, 0.25) is 5.88 Å². The van der Waals surface area contributed by atoms with E-state index in [-0.39, 0.29) is 34.3 Å². The second-order valence-corrected chi connectivity index (χ2v) is 8.47. The minimum atomic E-state index is -4.63. The van der Waals surface area contributed by atoms with Crippen molar-refractivity contribution >= 4 is 34.4 Å². The lowest BCUT2D eigenvalue weighted by Crippen LogP contribution is -2.09. The van der Waals surface area contributed by atoms with E-state index >= 15 is 0 Å². The van der Waals surface area contributed by atoms with Crippen LogP contribution in [-0.2, 0) is 12.8 Å². The van der Waals surface area contributed by atoms with E-state index in [0.29, 0.717) is 47.7 Å². The zero-order valence-electron chi connectivity index (χ0n) is 18.1. The van der Waals surface area contributed by atoms with Crippen LogP contribution in [-0.4, -0.2) is 16.1 Å². The number of allylic oxidation sites excluding steroid dienone is 2. The molecule has 0 atom stereocenters. The lowest BCUT2D eigenvalue weighted by atomic mass is 9.95. The first-order valence-electron chi connectivity index (χ1n) is 10.5. The molecule has 0 spiro atoms. The number of nitrogen functional groups attached to an aromatic ring is 1. The summed E-state index contributed by atoms with van der Waals surface area (Å²) in [5.74, 6) is -1.74. The fourth-order valence-corrected chi connectivity index (χ4v) is 4.25. The SMILES string of the molecule is Nc1cc(C(=O)O)cc(C2=C(c3cc(C(F)(F)F)cnc3OCc3ccc(F)cc3Cl)CCC2)c1. The van der Waals surface area contributed by atoms with Crippen LogP contribution in [0.4, 0.5) is 23.2 Å². The average molecular weight is 507 g/mol. The van der Waals surface area contributed by atoms with E-state index in [9.17, 15) is 27.5 Å². The van der Waals surface area contributed by atoms with E-state index in [0.717, 1.165) is 12.1 Å². The van der Waals surface area contributed by atoms with Gasteiger partial charge in [0.1, 0.15) is 12.4 Å². The summed E-state index contributed by atoms with van der Waals surface area (Å²) < 4.78 is 59.6. The maximum Gasteiger partial charge on any atom is 0.417 e. The molecule has 3 N–H and O–H groups in total. The summed E-state index contributed by atoms with van der Waals surface area (Å²) in [5.41, 5.74) is 7.46. The summed E-state index contributed by atoms with van der Waals surface area (Å²) in [6, 6.07) is 9.05.